The van der Waals surface area contributed by atoms with E-state index in [4.69, 9.17) is 0 Å². The first kappa shape index (κ1) is 35.3. The minimum Gasteiger partial charge on any atom is -0.334 e. The number of nitrogens with zero attached hydrogens (tertiary/aromatic N) is 1. The molecule has 266 valence electrons. The molecule has 0 spiro atoms. The quantitative estimate of drug-likeness (QED) is 0.127. The summed E-state index contributed by atoms with van der Waals surface area (Å²) >= 11 is 1.89. The van der Waals surface area contributed by atoms with Gasteiger partial charge in [0.1, 0.15) is 0 Å². The predicted molar refractivity (Wildman–Crippen MR) is 235 cm³/mol. The summed E-state index contributed by atoms with van der Waals surface area (Å²) in [5.41, 5.74) is 10.9. The fraction of sp³-hybridized carbons (Fsp3) is 0.154. The Hall–Kier alpha value is -5.70. The lowest BCUT2D eigenvalue weighted by atomic mass is 9.64. The summed E-state index contributed by atoms with van der Waals surface area (Å²) in [4.78, 5) is 2.56. The number of benzene rings is 6. The van der Waals surface area contributed by atoms with Gasteiger partial charge in [-0.1, -0.05) is 177 Å². The molecule has 2 unspecified atom stereocenters. The highest BCUT2D eigenvalue weighted by atomic mass is 32.1. The van der Waals surface area contributed by atoms with Gasteiger partial charge in [-0.3, -0.25) is 0 Å². The standard InChI is InChI=1S/C52H47NS/c1-6-39(40-19-10-7-11-20-40)31-30-37(4)53(49-27-18-26-46-45-25-16-17-28-50(45)54-51(46)49)43-32-33-44-38(5)47(34-29-36(2)3)52(48(44)35-43,41-21-12-8-13-22-41)42-23-14-9-15-24-42/h6-35,37-38,47H,2H2,1,3-5H3/b31-30-,34-29?,39-6+/t37?,38-,47?/m1/s1. The Labute approximate surface area is 324 Å². The van der Waals surface area contributed by atoms with E-state index in [9.17, 15) is 0 Å². The maximum Gasteiger partial charge on any atom is 0.0597 e. The molecule has 0 saturated carbocycles. The van der Waals surface area contributed by atoms with Gasteiger partial charge in [0.2, 0.25) is 0 Å². The molecular weight excluding hydrogens is 671 g/mol. The van der Waals surface area contributed by atoms with Crippen molar-refractivity contribution in [1.29, 1.82) is 0 Å². The Bertz CT molecular complexity index is 2480. The minimum absolute atomic E-state index is 0.0401. The molecule has 1 nitrogen and oxygen atoms in total. The van der Waals surface area contributed by atoms with Gasteiger partial charge >= 0.3 is 0 Å². The number of hydrogen-bond acceptors (Lipinski definition) is 2. The van der Waals surface area contributed by atoms with Crippen LogP contribution in [0.4, 0.5) is 11.4 Å². The minimum atomic E-state index is -0.404. The van der Waals surface area contributed by atoms with E-state index in [0.717, 1.165) is 5.57 Å². The molecule has 7 aromatic rings. The van der Waals surface area contributed by atoms with Crippen molar-refractivity contribution in [3.8, 4) is 0 Å². The van der Waals surface area contributed by atoms with E-state index in [-0.39, 0.29) is 17.9 Å². The van der Waals surface area contributed by atoms with E-state index in [2.05, 4.69) is 221 Å². The number of rotatable bonds is 10. The van der Waals surface area contributed by atoms with Gasteiger partial charge < -0.3 is 4.90 Å². The van der Waals surface area contributed by atoms with E-state index in [0.29, 0.717) is 0 Å². The highest BCUT2D eigenvalue weighted by Crippen LogP contribution is 2.59. The second kappa shape index (κ2) is 15.0. The first-order valence-electron chi connectivity index (χ1n) is 19.1. The van der Waals surface area contributed by atoms with Crippen molar-refractivity contribution in [2.45, 2.75) is 45.1 Å². The zero-order chi connectivity index (χ0) is 37.2. The number of allylic oxidation sites excluding steroid dienone is 6. The second-order valence-electron chi connectivity index (χ2n) is 14.7. The van der Waals surface area contributed by atoms with Gasteiger partial charge in [-0.05, 0) is 84.3 Å². The number of anilines is 2. The Morgan fingerprint density at radius 1 is 0.741 bits per heavy atom. The van der Waals surface area contributed by atoms with Crippen molar-refractivity contribution in [3.05, 3.63) is 222 Å². The molecule has 0 fully saturated rings. The molecule has 0 saturated heterocycles. The molecule has 0 radical (unpaired) electrons. The van der Waals surface area contributed by atoms with Gasteiger partial charge in [-0.2, -0.15) is 0 Å². The third-order valence-corrected chi connectivity index (χ3v) is 12.5. The summed E-state index contributed by atoms with van der Waals surface area (Å²) in [6.07, 6.45) is 11.5. The maximum atomic E-state index is 4.27. The molecule has 0 aliphatic heterocycles. The lowest BCUT2D eigenvalue weighted by Gasteiger charge is -2.39. The number of thiophene rings is 1. The van der Waals surface area contributed by atoms with Crippen LogP contribution >= 0.6 is 11.3 Å². The van der Waals surface area contributed by atoms with Crippen LogP contribution in [-0.4, -0.2) is 6.04 Å². The monoisotopic (exact) mass is 717 g/mol. The molecule has 8 rings (SSSR count). The molecule has 54 heavy (non-hydrogen) atoms. The zero-order valence-corrected chi connectivity index (χ0v) is 32.4. The third kappa shape index (κ3) is 6.15. The SMILES string of the molecule is C=C(C)C=CC1[C@H](C)c2ccc(N(c3cccc4c3sc3ccccc34)C(C)/C=C\C(=C/C)c3ccccc3)cc2C1(c1ccccc1)c1ccccc1. The average Bonchev–Trinajstić information content (AvgIpc) is 3.71. The van der Waals surface area contributed by atoms with Gasteiger partial charge in [0.15, 0.2) is 0 Å². The van der Waals surface area contributed by atoms with Crippen molar-refractivity contribution in [3.63, 3.8) is 0 Å². The first-order chi connectivity index (χ1) is 26.4. The van der Waals surface area contributed by atoms with Gasteiger partial charge in [-0.15, -0.1) is 11.3 Å². The van der Waals surface area contributed by atoms with Crippen LogP contribution in [0.2, 0.25) is 0 Å². The van der Waals surface area contributed by atoms with Gasteiger partial charge in [0, 0.05) is 33.1 Å². The van der Waals surface area contributed by atoms with Gasteiger partial charge in [0.05, 0.1) is 15.8 Å². The fourth-order valence-corrected chi connectivity index (χ4v) is 10.1. The van der Waals surface area contributed by atoms with Crippen LogP contribution in [0.15, 0.2) is 194 Å². The van der Waals surface area contributed by atoms with Crippen LogP contribution < -0.4 is 4.90 Å². The molecule has 2 heteroatoms. The second-order valence-corrected chi connectivity index (χ2v) is 15.7. The topological polar surface area (TPSA) is 3.24 Å². The Kier molecular flexibility index (Phi) is 9.80. The molecule has 0 N–H and O–H groups in total. The molecule has 1 heterocycles. The van der Waals surface area contributed by atoms with Crippen LogP contribution in [0.1, 0.15) is 61.4 Å². The van der Waals surface area contributed by atoms with Crippen LogP contribution in [0, 0.1) is 5.92 Å². The van der Waals surface area contributed by atoms with E-state index in [1.165, 1.54) is 64.9 Å². The Balaban J connectivity index is 1.37. The lowest BCUT2D eigenvalue weighted by molar-refractivity contribution is 0.439. The fourth-order valence-electron chi connectivity index (χ4n) is 8.86. The molecule has 0 bridgehead atoms. The molecule has 0 amide bonds. The van der Waals surface area contributed by atoms with Gasteiger partial charge in [-0.25, -0.2) is 0 Å². The molecular formula is C52H47NS. The van der Waals surface area contributed by atoms with Crippen molar-refractivity contribution in [2.24, 2.45) is 5.92 Å². The van der Waals surface area contributed by atoms with E-state index < -0.39 is 5.41 Å². The summed E-state index contributed by atoms with van der Waals surface area (Å²) < 4.78 is 2.62. The number of hydrogen-bond donors (Lipinski definition) is 0. The summed E-state index contributed by atoms with van der Waals surface area (Å²) in [6, 6.07) is 56.0. The maximum absolute atomic E-state index is 4.27. The summed E-state index contributed by atoms with van der Waals surface area (Å²) in [6.45, 7) is 13.2. The molecule has 3 atom stereocenters. The summed E-state index contributed by atoms with van der Waals surface area (Å²) in [5, 5.41) is 2.61. The zero-order valence-electron chi connectivity index (χ0n) is 31.6. The van der Waals surface area contributed by atoms with Crippen molar-refractivity contribution in [1.82, 2.24) is 0 Å². The number of fused-ring (bicyclic) bond motifs is 4. The summed E-state index contributed by atoms with van der Waals surface area (Å²) in [7, 11) is 0. The predicted octanol–water partition coefficient (Wildman–Crippen LogP) is 14.4. The smallest absolute Gasteiger partial charge is 0.0597 e. The lowest BCUT2D eigenvalue weighted by Crippen LogP contribution is -2.35. The van der Waals surface area contributed by atoms with Crippen LogP contribution in [0.5, 0.6) is 0 Å². The molecule has 1 aliphatic carbocycles. The first-order valence-corrected chi connectivity index (χ1v) is 19.9. The molecule has 1 aromatic heterocycles. The molecule has 6 aromatic carbocycles. The van der Waals surface area contributed by atoms with E-state index in [1.807, 2.05) is 11.3 Å². The van der Waals surface area contributed by atoms with E-state index >= 15 is 0 Å². The van der Waals surface area contributed by atoms with Crippen molar-refractivity contribution < 1.29 is 0 Å². The van der Waals surface area contributed by atoms with Crippen LogP contribution in [0.3, 0.4) is 0 Å². The summed E-state index contributed by atoms with van der Waals surface area (Å²) in [5.74, 6) is 0.467. The highest BCUT2D eigenvalue weighted by molar-refractivity contribution is 7.26. The van der Waals surface area contributed by atoms with Gasteiger partial charge in [0.25, 0.3) is 0 Å². The van der Waals surface area contributed by atoms with Crippen molar-refractivity contribution >= 4 is 48.5 Å². The molecule has 1 aliphatic rings. The largest absolute Gasteiger partial charge is 0.334 e. The Morgan fingerprint density at radius 2 is 1.37 bits per heavy atom. The van der Waals surface area contributed by atoms with E-state index in [1.54, 1.807) is 0 Å². The Morgan fingerprint density at radius 3 is 2.04 bits per heavy atom. The van der Waals surface area contributed by atoms with Crippen molar-refractivity contribution in [2.75, 3.05) is 4.90 Å². The van der Waals surface area contributed by atoms with Crippen LogP contribution in [0.25, 0.3) is 25.7 Å². The third-order valence-electron chi connectivity index (χ3n) is 11.3. The van der Waals surface area contributed by atoms with Crippen LogP contribution in [-0.2, 0) is 5.41 Å². The highest BCUT2D eigenvalue weighted by Gasteiger charge is 2.52. The average molecular weight is 718 g/mol. The normalized spacial score (nSPS) is 17.4.